The summed E-state index contributed by atoms with van der Waals surface area (Å²) in [6.45, 7) is 1.77. The number of benzene rings is 1. The Labute approximate surface area is 136 Å². The van der Waals surface area contributed by atoms with E-state index in [4.69, 9.17) is 0 Å². The molecule has 0 spiro atoms. The van der Waals surface area contributed by atoms with Gasteiger partial charge >= 0.3 is 5.97 Å². The third kappa shape index (κ3) is 5.40. The molecule has 1 N–H and O–H groups in total. The van der Waals surface area contributed by atoms with Crippen LogP contribution in [0, 0.1) is 0 Å². The van der Waals surface area contributed by atoms with Crippen molar-refractivity contribution in [2.45, 2.75) is 6.92 Å². The minimum Gasteiger partial charge on any atom is -0.506 e. The first-order chi connectivity index (χ1) is 9.99. The van der Waals surface area contributed by atoms with Crippen LogP contribution in [-0.2, 0) is 14.3 Å². The van der Waals surface area contributed by atoms with Crippen LogP contribution in [0.15, 0.2) is 45.8 Å². The summed E-state index contributed by atoms with van der Waals surface area (Å²) in [6, 6.07) is 7.10. The molecule has 0 heterocycles. The van der Waals surface area contributed by atoms with Crippen LogP contribution in [-0.4, -0.2) is 29.7 Å². The molecule has 112 valence electrons. The number of hydrogen-bond donors (Lipinski definition) is 1. The summed E-state index contributed by atoms with van der Waals surface area (Å²) in [7, 11) is 0. The number of ether oxygens (including phenoxy) is 1. The number of allylic oxidation sites excluding steroid dienone is 1. The summed E-state index contributed by atoms with van der Waals surface area (Å²) >= 11 is 4.59. The molecule has 1 rings (SSSR count). The third-order valence-electron chi connectivity index (χ3n) is 2.43. The maximum Gasteiger partial charge on any atom is 0.379 e. The van der Waals surface area contributed by atoms with Crippen LogP contribution >= 0.6 is 27.7 Å². The summed E-state index contributed by atoms with van der Waals surface area (Å²) < 4.78 is 5.50. The average Bonchev–Trinajstić information content (AvgIpc) is 2.48. The van der Waals surface area contributed by atoms with E-state index in [1.165, 1.54) is 17.8 Å². The highest BCUT2D eigenvalue weighted by Gasteiger charge is 2.11. The monoisotopic (exact) mass is 370 g/mol. The molecule has 1 aromatic rings. The highest BCUT2D eigenvalue weighted by molar-refractivity contribution is 9.10. The van der Waals surface area contributed by atoms with Crippen LogP contribution in [0.3, 0.4) is 0 Å². The van der Waals surface area contributed by atoms with E-state index in [9.17, 15) is 14.7 Å². The van der Waals surface area contributed by atoms with E-state index in [1.807, 2.05) is 0 Å². The Morgan fingerprint density at radius 3 is 2.43 bits per heavy atom. The van der Waals surface area contributed by atoms with Gasteiger partial charge in [-0.2, -0.15) is 0 Å². The number of esters is 1. The molecule has 0 aliphatic carbocycles. The zero-order valence-electron chi connectivity index (χ0n) is 11.6. The van der Waals surface area contributed by atoms with Crippen LogP contribution in [0.5, 0.6) is 0 Å². The van der Waals surface area contributed by atoms with E-state index in [1.54, 1.807) is 37.4 Å². The Balaban J connectivity index is 2.95. The number of ketones is 1. The first-order valence-corrected chi connectivity index (χ1v) is 8.13. The average molecular weight is 371 g/mol. The molecule has 0 aromatic heterocycles. The van der Waals surface area contributed by atoms with Gasteiger partial charge in [0.15, 0.2) is 0 Å². The predicted molar refractivity (Wildman–Crippen MR) is 88.0 cm³/mol. The van der Waals surface area contributed by atoms with E-state index in [-0.39, 0.29) is 12.4 Å². The van der Waals surface area contributed by atoms with Gasteiger partial charge in [-0.15, -0.1) is 11.8 Å². The second-order valence-corrected chi connectivity index (χ2v) is 5.61. The lowest BCUT2D eigenvalue weighted by Crippen LogP contribution is -2.14. The number of rotatable bonds is 6. The van der Waals surface area contributed by atoms with Crippen molar-refractivity contribution in [3.8, 4) is 0 Å². The van der Waals surface area contributed by atoms with Crippen molar-refractivity contribution in [2.75, 3.05) is 12.9 Å². The number of hydrogen-bond acceptors (Lipinski definition) is 5. The van der Waals surface area contributed by atoms with Crippen molar-refractivity contribution in [1.29, 1.82) is 0 Å². The van der Waals surface area contributed by atoms with Crippen LogP contribution < -0.4 is 0 Å². The Morgan fingerprint density at radius 1 is 1.29 bits per heavy atom. The Kier molecular flexibility index (Phi) is 7.25. The lowest BCUT2D eigenvalue weighted by Gasteiger charge is -2.05. The first kappa shape index (κ1) is 17.5. The van der Waals surface area contributed by atoms with Gasteiger partial charge in [-0.25, -0.2) is 4.79 Å². The summed E-state index contributed by atoms with van der Waals surface area (Å²) in [5.41, 5.74) is 0.621. The number of aliphatic hydroxyl groups is 1. The molecule has 0 unspecified atom stereocenters. The Morgan fingerprint density at radius 2 is 1.90 bits per heavy atom. The fraction of sp³-hybridized carbons (Fsp3) is 0.200. The van der Waals surface area contributed by atoms with E-state index < -0.39 is 11.8 Å². The molecule has 0 fully saturated rings. The maximum atomic E-state index is 11.5. The van der Waals surface area contributed by atoms with Gasteiger partial charge < -0.3 is 9.84 Å². The van der Waals surface area contributed by atoms with Crippen LogP contribution in [0.1, 0.15) is 12.5 Å². The molecule has 0 bridgehead atoms. The minimum absolute atomic E-state index is 0.0444. The minimum atomic E-state index is -0.905. The molecular formula is C15H15BrO4S. The molecule has 4 nitrogen and oxygen atoms in total. The number of carbonyl (C=O) groups is 2. The molecule has 6 heteroatoms. The normalized spacial score (nSPS) is 12.1. The van der Waals surface area contributed by atoms with Crippen molar-refractivity contribution in [1.82, 2.24) is 0 Å². The van der Waals surface area contributed by atoms with Gasteiger partial charge in [-0.1, -0.05) is 28.1 Å². The van der Waals surface area contributed by atoms with Crippen molar-refractivity contribution < 1.29 is 19.4 Å². The van der Waals surface area contributed by atoms with Crippen molar-refractivity contribution in [2.24, 2.45) is 0 Å². The fourth-order valence-corrected chi connectivity index (χ4v) is 2.19. The molecule has 0 aliphatic rings. The van der Waals surface area contributed by atoms with E-state index in [0.717, 1.165) is 10.5 Å². The summed E-state index contributed by atoms with van der Waals surface area (Å²) in [4.78, 5) is 23.2. The molecule has 0 aliphatic heterocycles. The van der Waals surface area contributed by atoms with E-state index in [2.05, 4.69) is 20.7 Å². The molecule has 0 saturated carbocycles. The Bertz CT molecular complexity index is 576. The highest BCUT2D eigenvalue weighted by Crippen LogP contribution is 2.25. The number of halogens is 1. The second kappa shape index (κ2) is 8.69. The maximum absolute atomic E-state index is 11.5. The zero-order chi connectivity index (χ0) is 15.8. The highest BCUT2D eigenvalue weighted by atomic mass is 79.9. The SMILES string of the molecule is CCOC(=O)C(=O)C=CC(SC)=C(O)c1ccc(Br)cc1. The third-order valence-corrected chi connectivity index (χ3v) is 3.73. The van der Waals surface area contributed by atoms with Gasteiger partial charge in [0.05, 0.1) is 6.61 Å². The van der Waals surface area contributed by atoms with Crippen LogP contribution in [0.4, 0.5) is 0 Å². The van der Waals surface area contributed by atoms with Crippen molar-refractivity contribution >= 4 is 45.2 Å². The summed E-state index contributed by atoms with van der Waals surface area (Å²) in [6.07, 6.45) is 4.27. The number of thioether (sulfide) groups is 1. The van der Waals surface area contributed by atoms with Gasteiger partial charge in [-0.05, 0) is 37.5 Å². The van der Waals surface area contributed by atoms with Crippen molar-refractivity contribution in [3.05, 3.63) is 51.4 Å². The van der Waals surface area contributed by atoms with Crippen molar-refractivity contribution in [3.63, 3.8) is 0 Å². The predicted octanol–water partition coefficient (Wildman–Crippen LogP) is 3.73. The molecule has 0 amide bonds. The lowest BCUT2D eigenvalue weighted by molar-refractivity contribution is -0.151. The van der Waals surface area contributed by atoms with Gasteiger partial charge in [-0.3, -0.25) is 4.79 Å². The van der Waals surface area contributed by atoms with Crippen LogP contribution in [0.2, 0.25) is 0 Å². The molecular weight excluding hydrogens is 356 g/mol. The fourth-order valence-electron chi connectivity index (χ4n) is 1.42. The van der Waals surface area contributed by atoms with Gasteiger partial charge in [0.25, 0.3) is 5.78 Å². The second-order valence-electron chi connectivity index (χ2n) is 3.84. The zero-order valence-corrected chi connectivity index (χ0v) is 14.0. The molecule has 21 heavy (non-hydrogen) atoms. The quantitative estimate of drug-likeness (QED) is 0.271. The van der Waals surface area contributed by atoms with E-state index >= 15 is 0 Å². The number of aliphatic hydroxyl groups excluding tert-OH is 1. The first-order valence-electron chi connectivity index (χ1n) is 6.12. The topological polar surface area (TPSA) is 63.6 Å². The molecule has 0 saturated heterocycles. The smallest absolute Gasteiger partial charge is 0.379 e. The summed E-state index contributed by atoms with van der Waals surface area (Å²) in [5.74, 6) is -1.62. The molecule has 0 atom stereocenters. The van der Waals surface area contributed by atoms with Crippen LogP contribution in [0.25, 0.3) is 5.76 Å². The van der Waals surface area contributed by atoms with Gasteiger partial charge in [0, 0.05) is 14.9 Å². The Hall–Kier alpha value is -1.53. The lowest BCUT2D eigenvalue weighted by atomic mass is 10.2. The van der Waals surface area contributed by atoms with Gasteiger partial charge in [0.1, 0.15) is 5.76 Å². The summed E-state index contributed by atoms with van der Waals surface area (Å²) in [5, 5.41) is 10.2. The van der Waals surface area contributed by atoms with Gasteiger partial charge in [0.2, 0.25) is 0 Å². The largest absolute Gasteiger partial charge is 0.506 e. The van der Waals surface area contributed by atoms with E-state index in [0.29, 0.717) is 10.5 Å². The standard InChI is InChI=1S/C15H15BrO4S/c1-3-20-15(19)12(17)8-9-13(21-2)14(18)10-4-6-11(16)7-5-10/h4-9,18H,3H2,1-2H3. The molecule has 1 aromatic carbocycles. The number of carbonyl (C=O) groups excluding carboxylic acids is 2. The molecule has 0 radical (unpaired) electrons.